The molecule has 0 saturated carbocycles. The van der Waals surface area contributed by atoms with E-state index in [2.05, 4.69) is 5.32 Å². The largest absolute Gasteiger partial charge is 0.385 e. The molecule has 0 aliphatic rings. The first kappa shape index (κ1) is 19.3. The zero-order valence-corrected chi connectivity index (χ0v) is 13.7. The Labute approximate surface area is 140 Å². The first-order valence-electron chi connectivity index (χ1n) is 7.38. The molecule has 2 amide bonds. The summed E-state index contributed by atoms with van der Waals surface area (Å²) in [6.45, 7) is 0.932. The second-order valence-electron chi connectivity index (χ2n) is 5.04. The van der Waals surface area contributed by atoms with E-state index < -0.39 is 10.8 Å². The van der Waals surface area contributed by atoms with Gasteiger partial charge in [0.15, 0.2) is 0 Å². The lowest BCUT2D eigenvalue weighted by Crippen LogP contribution is -2.38. The Morgan fingerprint density at radius 3 is 2.75 bits per heavy atom. The Morgan fingerprint density at radius 2 is 2.08 bits per heavy atom. The molecule has 0 aromatic heterocycles. The zero-order chi connectivity index (χ0) is 17.9. The molecule has 130 valence electrons. The molecule has 0 aliphatic carbocycles. The number of rotatable bonds is 9. The highest BCUT2D eigenvalue weighted by Gasteiger charge is 2.12. The molecule has 0 unspecified atom stereocenters. The van der Waals surface area contributed by atoms with Crippen LogP contribution in [0.15, 0.2) is 30.3 Å². The maximum absolute atomic E-state index is 12.0. The van der Waals surface area contributed by atoms with Crippen molar-refractivity contribution >= 4 is 23.6 Å². The van der Waals surface area contributed by atoms with Crippen LogP contribution in [0, 0.1) is 10.1 Å². The van der Waals surface area contributed by atoms with E-state index in [1.165, 1.54) is 30.2 Å². The summed E-state index contributed by atoms with van der Waals surface area (Å²) < 4.78 is 4.87. The summed E-state index contributed by atoms with van der Waals surface area (Å²) in [4.78, 5) is 35.3. The quantitative estimate of drug-likeness (QED) is 0.316. The SMILES string of the molecule is COCCCNC(=O)CN(C)C(=O)/C=C/c1ccccc1[N+](=O)[O-]. The number of para-hydroxylation sites is 1. The lowest BCUT2D eigenvalue weighted by atomic mass is 10.1. The third-order valence-electron chi connectivity index (χ3n) is 3.14. The molecule has 0 heterocycles. The normalized spacial score (nSPS) is 10.6. The number of carbonyl (C=O) groups excluding carboxylic acids is 2. The Balaban J connectivity index is 2.55. The monoisotopic (exact) mass is 335 g/mol. The van der Waals surface area contributed by atoms with Gasteiger partial charge in [0.05, 0.1) is 17.0 Å². The molecule has 1 N–H and O–H groups in total. The Hall–Kier alpha value is -2.74. The van der Waals surface area contributed by atoms with Gasteiger partial charge in [-0.1, -0.05) is 12.1 Å². The fraction of sp³-hybridized carbons (Fsp3) is 0.375. The van der Waals surface area contributed by atoms with Gasteiger partial charge in [0.25, 0.3) is 5.69 Å². The van der Waals surface area contributed by atoms with Crippen molar-refractivity contribution in [2.24, 2.45) is 0 Å². The van der Waals surface area contributed by atoms with Gasteiger partial charge in [-0.2, -0.15) is 0 Å². The molecule has 1 aromatic carbocycles. The number of ether oxygens (including phenoxy) is 1. The number of benzene rings is 1. The van der Waals surface area contributed by atoms with Crippen LogP contribution in [0.25, 0.3) is 6.08 Å². The lowest BCUT2D eigenvalue weighted by molar-refractivity contribution is -0.385. The molecule has 0 aliphatic heterocycles. The summed E-state index contributed by atoms with van der Waals surface area (Å²) in [6, 6.07) is 6.11. The predicted molar refractivity (Wildman–Crippen MR) is 89.3 cm³/mol. The van der Waals surface area contributed by atoms with Crippen molar-refractivity contribution in [3.05, 3.63) is 46.0 Å². The predicted octanol–water partition coefficient (Wildman–Crippen LogP) is 1.22. The van der Waals surface area contributed by atoms with E-state index in [1.807, 2.05) is 0 Å². The third-order valence-corrected chi connectivity index (χ3v) is 3.14. The van der Waals surface area contributed by atoms with Crippen LogP contribution in [0.1, 0.15) is 12.0 Å². The van der Waals surface area contributed by atoms with Crippen LogP contribution >= 0.6 is 0 Å². The molecule has 0 spiro atoms. The number of nitro groups is 1. The summed E-state index contributed by atoms with van der Waals surface area (Å²) in [5.74, 6) is -0.693. The van der Waals surface area contributed by atoms with Crippen LogP contribution in [0.2, 0.25) is 0 Å². The highest BCUT2D eigenvalue weighted by molar-refractivity contribution is 5.94. The smallest absolute Gasteiger partial charge is 0.276 e. The van der Waals surface area contributed by atoms with Gasteiger partial charge in [0.2, 0.25) is 11.8 Å². The third kappa shape index (κ3) is 6.57. The molecule has 0 saturated heterocycles. The molecule has 24 heavy (non-hydrogen) atoms. The molecular weight excluding hydrogens is 314 g/mol. The van der Waals surface area contributed by atoms with Gasteiger partial charge in [-0.25, -0.2) is 0 Å². The summed E-state index contributed by atoms with van der Waals surface area (Å²) >= 11 is 0. The second-order valence-corrected chi connectivity index (χ2v) is 5.04. The van der Waals surface area contributed by atoms with Gasteiger partial charge in [-0.3, -0.25) is 19.7 Å². The minimum absolute atomic E-state index is 0.0833. The number of amides is 2. The molecule has 0 atom stereocenters. The fourth-order valence-corrected chi connectivity index (χ4v) is 1.88. The molecule has 1 rings (SSSR count). The first-order valence-corrected chi connectivity index (χ1v) is 7.38. The van der Waals surface area contributed by atoms with Crippen molar-refractivity contribution in [1.82, 2.24) is 10.2 Å². The number of nitro benzene ring substituents is 1. The number of hydrogen-bond acceptors (Lipinski definition) is 5. The van der Waals surface area contributed by atoms with Gasteiger partial charge in [0.1, 0.15) is 0 Å². The minimum atomic E-state index is -0.513. The molecule has 0 bridgehead atoms. The molecular formula is C16H21N3O5. The highest BCUT2D eigenvalue weighted by atomic mass is 16.6. The van der Waals surface area contributed by atoms with Crippen molar-refractivity contribution in [3.8, 4) is 0 Å². The van der Waals surface area contributed by atoms with Crippen LogP contribution in [0.3, 0.4) is 0 Å². The van der Waals surface area contributed by atoms with Crippen molar-refractivity contribution in [2.75, 3.05) is 33.9 Å². The van der Waals surface area contributed by atoms with E-state index in [9.17, 15) is 19.7 Å². The summed E-state index contributed by atoms with van der Waals surface area (Å²) in [7, 11) is 3.07. The van der Waals surface area contributed by atoms with Crippen LogP contribution < -0.4 is 5.32 Å². The number of carbonyl (C=O) groups is 2. The molecule has 8 heteroatoms. The van der Waals surface area contributed by atoms with Crippen molar-refractivity contribution in [3.63, 3.8) is 0 Å². The van der Waals surface area contributed by atoms with E-state index in [-0.39, 0.29) is 18.1 Å². The standard InChI is InChI=1S/C16H21N3O5/c1-18(12-15(20)17-10-5-11-24-2)16(21)9-8-13-6-3-4-7-14(13)19(22)23/h3-4,6-9H,5,10-12H2,1-2H3,(H,17,20)/b9-8+. The first-order chi connectivity index (χ1) is 11.5. The lowest BCUT2D eigenvalue weighted by Gasteiger charge is -2.14. The van der Waals surface area contributed by atoms with E-state index in [4.69, 9.17) is 4.74 Å². The van der Waals surface area contributed by atoms with E-state index in [0.29, 0.717) is 25.1 Å². The van der Waals surface area contributed by atoms with Gasteiger partial charge < -0.3 is 15.0 Å². The molecule has 8 nitrogen and oxygen atoms in total. The fourth-order valence-electron chi connectivity index (χ4n) is 1.88. The number of hydrogen-bond donors (Lipinski definition) is 1. The number of likely N-dealkylation sites (N-methyl/N-ethyl adjacent to an activating group) is 1. The highest BCUT2D eigenvalue weighted by Crippen LogP contribution is 2.18. The maximum atomic E-state index is 12.0. The van der Waals surface area contributed by atoms with Gasteiger partial charge in [-0.05, 0) is 18.6 Å². The van der Waals surface area contributed by atoms with Crippen LogP contribution in [-0.2, 0) is 14.3 Å². The van der Waals surface area contributed by atoms with Crippen molar-refractivity contribution in [1.29, 1.82) is 0 Å². The summed E-state index contributed by atoms with van der Waals surface area (Å²) in [6.07, 6.45) is 3.27. The van der Waals surface area contributed by atoms with Gasteiger partial charge in [0, 0.05) is 39.5 Å². The van der Waals surface area contributed by atoms with Crippen LogP contribution in [0.4, 0.5) is 5.69 Å². The second kappa shape index (κ2) is 10.1. The Morgan fingerprint density at radius 1 is 1.38 bits per heavy atom. The summed E-state index contributed by atoms with van der Waals surface area (Å²) in [5, 5.41) is 13.6. The Kier molecular flexibility index (Phi) is 8.14. The molecule has 1 aromatic rings. The van der Waals surface area contributed by atoms with E-state index >= 15 is 0 Å². The van der Waals surface area contributed by atoms with E-state index in [1.54, 1.807) is 25.3 Å². The number of nitrogens with zero attached hydrogens (tertiary/aromatic N) is 2. The number of methoxy groups -OCH3 is 1. The number of nitrogens with one attached hydrogen (secondary N) is 1. The Bertz CT molecular complexity index is 615. The maximum Gasteiger partial charge on any atom is 0.276 e. The van der Waals surface area contributed by atoms with Gasteiger partial charge >= 0.3 is 0 Å². The van der Waals surface area contributed by atoms with Crippen LogP contribution in [0.5, 0.6) is 0 Å². The molecule has 0 fully saturated rings. The topological polar surface area (TPSA) is 102 Å². The van der Waals surface area contributed by atoms with Crippen LogP contribution in [-0.4, -0.2) is 55.5 Å². The van der Waals surface area contributed by atoms with Gasteiger partial charge in [-0.15, -0.1) is 0 Å². The summed E-state index contributed by atoms with van der Waals surface area (Å²) in [5.41, 5.74) is 0.244. The minimum Gasteiger partial charge on any atom is -0.385 e. The average Bonchev–Trinajstić information content (AvgIpc) is 2.56. The van der Waals surface area contributed by atoms with E-state index in [0.717, 1.165) is 0 Å². The zero-order valence-electron chi connectivity index (χ0n) is 13.7. The average molecular weight is 335 g/mol. The van der Waals surface area contributed by atoms with Crippen molar-refractivity contribution in [2.45, 2.75) is 6.42 Å². The van der Waals surface area contributed by atoms with Crippen molar-refractivity contribution < 1.29 is 19.2 Å². The molecule has 0 radical (unpaired) electrons.